The van der Waals surface area contributed by atoms with Gasteiger partial charge in [-0.25, -0.2) is 4.98 Å². The fourth-order valence-electron chi connectivity index (χ4n) is 1.92. The number of nitrogens with one attached hydrogen (secondary N) is 1. The lowest BCUT2D eigenvalue weighted by Crippen LogP contribution is -2.26. The zero-order valence-electron chi connectivity index (χ0n) is 10.6. The van der Waals surface area contributed by atoms with Crippen molar-refractivity contribution in [2.75, 3.05) is 12.3 Å². The quantitative estimate of drug-likeness (QED) is 0.821. The molecule has 0 atom stereocenters. The van der Waals surface area contributed by atoms with E-state index in [0.717, 1.165) is 23.3 Å². The molecule has 1 amide bonds. The Bertz CT molecular complexity index is 577. The number of thiol groups is 1. The molecule has 0 unspecified atom stereocenters. The molecular formula is C13H17N3OS. The maximum absolute atomic E-state index is 11.1. The molecule has 1 aromatic heterocycles. The van der Waals surface area contributed by atoms with E-state index in [4.69, 9.17) is 0 Å². The van der Waals surface area contributed by atoms with E-state index in [1.54, 1.807) is 0 Å². The third kappa shape index (κ3) is 2.67. The SMILES string of the molecule is Cc1nc2cc(CCNC(=O)CS)ccc2n1C. The van der Waals surface area contributed by atoms with Crippen LogP contribution in [0.25, 0.3) is 11.0 Å². The molecule has 0 saturated heterocycles. The molecule has 0 aliphatic rings. The highest BCUT2D eigenvalue weighted by molar-refractivity contribution is 7.81. The van der Waals surface area contributed by atoms with Crippen molar-refractivity contribution in [1.82, 2.24) is 14.9 Å². The summed E-state index contributed by atoms with van der Waals surface area (Å²) in [5, 5.41) is 2.80. The van der Waals surface area contributed by atoms with Crippen molar-refractivity contribution >= 4 is 29.6 Å². The van der Waals surface area contributed by atoms with Crippen LogP contribution in [0.4, 0.5) is 0 Å². The Morgan fingerprint density at radius 2 is 2.28 bits per heavy atom. The second kappa shape index (κ2) is 5.44. The normalized spacial score (nSPS) is 10.8. The van der Waals surface area contributed by atoms with Gasteiger partial charge in [0.15, 0.2) is 0 Å². The monoisotopic (exact) mass is 263 g/mol. The van der Waals surface area contributed by atoms with Gasteiger partial charge in [-0.3, -0.25) is 4.79 Å². The minimum Gasteiger partial charge on any atom is -0.355 e. The number of imidazole rings is 1. The van der Waals surface area contributed by atoms with Gasteiger partial charge >= 0.3 is 0 Å². The van der Waals surface area contributed by atoms with E-state index in [1.165, 1.54) is 5.56 Å². The first-order valence-corrected chi connectivity index (χ1v) is 6.54. The highest BCUT2D eigenvalue weighted by atomic mass is 32.1. The molecule has 5 heteroatoms. The summed E-state index contributed by atoms with van der Waals surface area (Å²) in [7, 11) is 2.01. The number of fused-ring (bicyclic) bond motifs is 1. The molecule has 2 aromatic rings. The molecule has 0 aliphatic carbocycles. The van der Waals surface area contributed by atoms with Crippen LogP contribution in [0.5, 0.6) is 0 Å². The maximum Gasteiger partial charge on any atom is 0.229 e. The number of rotatable bonds is 4. The van der Waals surface area contributed by atoms with E-state index < -0.39 is 0 Å². The number of benzene rings is 1. The molecule has 0 aliphatic heterocycles. The van der Waals surface area contributed by atoms with Crippen molar-refractivity contribution in [3.63, 3.8) is 0 Å². The zero-order valence-corrected chi connectivity index (χ0v) is 11.5. The summed E-state index contributed by atoms with van der Waals surface area (Å²) in [6, 6.07) is 6.23. The Kier molecular flexibility index (Phi) is 3.91. The molecule has 1 heterocycles. The third-order valence-corrected chi connectivity index (χ3v) is 3.34. The van der Waals surface area contributed by atoms with E-state index in [0.29, 0.717) is 6.54 Å². The Hall–Kier alpha value is -1.49. The second-order valence-corrected chi connectivity index (χ2v) is 4.62. The largest absolute Gasteiger partial charge is 0.355 e. The van der Waals surface area contributed by atoms with E-state index in [-0.39, 0.29) is 11.7 Å². The van der Waals surface area contributed by atoms with Crippen molar-refractivity contribution in [3.8, 4) is 0 Å². The Morgan fingerprint density at radius 3 is 3.00 bits per heavy atom. The third-order valence-electron chi connectivity index (χ3n) is 3.05. The van der Waals surface area contributed by atoms with Crippen molar-refractivity contribution in [3.05, 3.63) is 29.6 Å². The van der Waals surface area contributed by atoms with E-state index in [9.17, 15) is 4.79 Å². The van der Waals surface area contributed by atoms with Gasteiger partial charge in [0, 0.05) is 13.6 Å². The number of carbonyl (C=O) groups excluding carboxylic acids is 1. The van der Waals surface area contributed by atoms with Crippen LogP contribution >= 0.6 is 12.6 Å². The van der Waals surface area contributed by atoms with Gasteiger partial charge in [0.1, 0.15) is 5.82 Å². The maximum atomic E-state index is 11.1. The van der Waals surface area contributed by atoms with Crippen LogP contribution in [0.15, 0.2) is 18.2 Å². The second-order valence-electron chi connectivity index (χ2n) is 4.30. The van der Waals surface area contributed by atoms with Gasteiger partial charge in [-0.05, 0) is 31.0 Å². The molecule has 1 N–H and O–H groups in total. The number of hydrogen-bond donors (Lipinski definition) is 2. The van der Waals surface area contributed by atoms with Gasteiger partial charge in [0.25, 0.3) is 0 Å². The van der Waals surface area contributed by atoms with Gasteiger partial charge in [-0.1, -0.05) is 6.07 Å². The lowest BCUT2D eigenvalue weighted by Gasteiger charge is -2.04. The number of aromatic nitrogens is 2. The molecule has 2 rings (SSSR count). The predicted molar refractivity (Wildman–Crippen MR) is 76.0 cm³/mol. The summed E-state index contributed by atoms with van der Waals surface area (Å²) in [4.78, 5) is 15.6. The molecule has 0 saturated carbocycles. The van der Waals surface area contributed by atoms with Crippen LogP contribution in [0, 0.1) is 6.92 Å². The number of aryl methyl sites for hydroxylation is 2. The van der Waals surface area contributed by atoms with Crippen molar-refractivity contribution in [1.29, 1.82) is 0 Å². The highest BCUT2D eigenvalue weighted by Crippen LogP contribution is 2.16. The van der Waals surface area contributed by atoms with Crippen LogP contribution in [-0.4, -0.2) is 27.8 Å². The topological polar surface area (TPSA) is 46.9 Å². The number of amides is 1. The molecule has 96 valence electrons. The lowest BCUT2D eigenvalue weighted by atomic mass is 10.1. The Morgan fingerprint density at radius 1 is 1.50 bits per heavy atom. The first kappa shape index (κ1) is 13.0. The minimum atomic E-state index is -0.0342. The zero-order chi connectivity index (χ0) is 13.1. The highest BCUT2D eigenvalue weighted by Gasteiger charge is 2.05. The van der Waals surface area contributed by atoms with Crippen LogP contribution < -0.4 is 5.32 Å². The molecule has 1 aromatic carbocycles. The van der Waals surface area contributed by atoms with Gasteiger partial charge in [0.2, 0.25) is 5.91 Å². The summed E-state index contributed by atoms with van der Waals surface area (Å²) in [5.74, 6) is 1.21. The Labute approximate surface area is 112 Å². The number of carbonyl (C=O) groups is 1. The molecule has 4 nitrogen and oxygen atoms in total. The van der Waals surface area contributed by atoms with Gasteiger partial charge in [-0.15, -0.1) is 0 Å². The smallest absolute Gasteiger partial charge is 0.229 e. The Balaban J connectivity index is 2.08. The van der Waals surface area contributed by atoms with Crippen LogP contribution in [0.2, 0.25) is 0 Å². The standard InChI is InChI=1S/C13H17N3OS/c1-9-15-11-7-10(3-4-12(11)16(9)2)5-6-14-13(17)8-18/h3-4,7,18H,5-6,8H2,1-2H3,(H,14,17). The van der Waals surface area contributed by atoms with Crippen LogP contribution in [-0.2, 0) is 18.3 Å². The lowest BCUT2D eigenvalue weighted by molar-refractivity contribution is -0.118. The van der Waals surface area contributed by atoms with Crippen molar-refractivity contribution in [2.24, 2.45) is 7.05 Å². The molecular weight excluding hydrogens is 246 g/mol. The average molecular weight is 263 g/mol. The van der Waals surface area contributed by atoms with E-state index >= 15 is 0 Å². The van der Waals surface area contributed by atoms with Crippen molar-refractivity contribution < 1.29 is 4.79 Å². The molecule has 0 radical (unpaired) electrons. The average Bonchev–Trinajstić information content (AvgIpc) is 2.64. The van der Waals surface area contributed by atoms with Crippen LogP contribution in [0.1, 0.15) is 11.4 Å². The molecule has 0 bridgehead atoms. The first-order valence-electron chi connectivity index (χ1n) is 5.91. The van der Waals surface area contributed by atoms with Crippen molar-refractivity contribution in [2.45, 2.75) is 13.3 Å². The summed E-state index contributed by atoms with van der Waals surface area (Å²) in [6.07, 6.45) is 0.811. The molecule has 0 fully saturated rings. The van der Waals surface area contributed by atoms with E-state index in [2.05, 4.69) is 45.7 Å². The van der Waals surface area contributed by atoms with Gasteiger partial charge < -0.3 is 9.88 Å². The minimum absolute atomic E-state index is 0.0342. The molecule has 18 heavy (non-hydrogen) atoms. The first-order chi connectivity index (χ1) is 8.61. The summed E-state index contributed by atoms with van der Waals surface area (Å²) in [6.45, 7) is 2.63. The fraction of sp³-hybridized carbons (Fsp3) is 0.385. The van der Waals surface area contributed by atoms with E-state index in [1.807, 2.05) is 14.0 Å². The van der Waals surface area contributed by atoms with Crippen LogP contribution in [0.3, 0.4) is 0 Å². The number of hydrogen-bond acceptors (Lipinski definition) is 3. The van der Waals surface area contributed by atoms with Gasteiger partial charge in [0.05, 0.1) is 16.8 Å². The fourth-order valence-corrected chi connectivity index (χ4v) is 2.04. The van der Waals surface area contributed by atoms with Gasteiger partial charge in [-0.2, -0.15) is 12.6 Å². The predicted octanol–water partition coefficient (Wildman–Crippen LogP) is 1.47. The molecule has 0 spiro atoms. The summed E-state index contributed by atoms with van der Waals surface area (Å²) in [5.41, 5.74) is 3.32. The number of nitrogens with zero attached hydrogens (tertiary/aromatic N) is 2. The summed E-state index contributed by atoms with van der Waals surface area (Å²) < 4.78 is 2.07. The summed E-state index contributed by atoms with van der Waals surface area (Å²) >= 11 is 3.91.